The number of nitro benzene ring substituents is 1. The number of sulfonamides is 1. The molecule has 2 saturated heterocycles. The lowest BCUT2D eigenvalue weighted by atomic mass is 10.00. The second-order valence-corrected chi connectivity index (χ2v) is 8.53. The third-order valence-electron chi connectivity index (χ3n) is 4.74. The highest BCUT2D eigenvalue weighted by molar-refractivity contribution is 7.89. The molecule has 0 N–H and O–H groups in total. The molecule has 0 saturated carbocycles. The fourth-order valence-electron chi connectivity index (χ4n) is 3.42. The maximum atomic E-state index is 13.1. The van der Waals surface area contributed by atoms with Crippen molar-refractivity contribution in [2.75, 3.05) is 44.3 Å². The van der Waals surface area contributed by atoms with E-state index in [4.69, 9.17) is 4.74 Å². The molecule has 2 aliphatic heterocycles. The molecular weight excluding hydrogens is 346 g/mol. The molecule has 0 aliphatic carbocycles. The van der Waals surface area contributed by atoms with Crippen molar-refractivity contribution < 1.29 is 18.1 Å². The summed E-state index contributed by atoms with van der Waals surface area (Å²) in [6.45, 7) is 4.85. The molecule has 0 radical (unpaired) electrons. The minimum Gasteiger partial charge on any atom is -0.379 e. The van der Waals surface area contributed by atoms with Crippen LogP contribution >= 0.6 is 0 Å². The first kappa shape index (κ1) is 18.1. The van der Waals surface area contributed by atoms with E-state index in [1.54, 1.807) is 6.07 Å². The van der Waals surface area contributed by atoms with Crippen LogP contribution in [0.1, 0.15) is 19.8 Å². The zero-order valence-electron chi connectivity index (χ0n) is 14.3. The van der Waals surface area contributed by atoms with E-state index in [0.717, 1.165) is 25.9 Å². The molecule has 138 valence electrons. The van der Waals surface area contributed by atoms with Crippen LogP contribution in [0.3, 0.4) is 0 Å². The SMILES string of the molecule is CC1CCCN(c2ccc([N+](=O)[O-])cc2S(=O)(=O)N2CCOCC2)C1. The van der Waals surface area contributed by atoms with E-state index < -0.39 is 14.9 Å². The molecule has 0 amide bonds. The Morgan fingerprint density at radius 1 is 1.24 bits per heavy atom. The summed E-state index contributed by atoms with van der Waals surface area (Å²) in [5, 5.41) is 11.2. The van der Waals surface area contributed by atoms with Gasteiger partial charge in [0.2, 0.25) is 10.0 Å². The zero-order chi connectivity index (χ0) is 18.0. The summed E-state index contributed by atoms with van der Waals surface area (Å²) in [6, 6.07) is 4.15. The first-order valence-electron chi connectivity index (χ1n) is 8.51. The highest BCUT2D eigenvalue weighted by atomic mass is 32.2. The minimum atomic E-state index is -3.81. The lowest BCUT2D eigenvalue weighted by Crippen LogP contribution is -2.42. The molecule has 2 aliphatic rings. The fraction of sp³-hybridized carbons (Fsp3) is 0.625. The van der Waals surface area contributed by atoms with Crippen LogP contribution in [0.5, 0.6) is 0 Å². The van der Waals surface area contributed by atoms with Gasteiger partial charge in [-0.3, -0.25) is 10.1 Å². The summed E-state index contributed by atoms with van der Waals surface area (Å²) in [7, 11) is -3.81. The quantitative estimate of drug-likeness (QED) is 0.594. The Balaban J connectivity index is 2.04. The number of hydrogen-bond donors (Lipinski definition) is 0. The van der Waals surface area contributed by atoms with E-state index in [2.05, 4.69) is 6.92 Å². The summed E-state index contributed by atoms with van der Waals surface area (Å²) >= 11 is 0. The maximum absolute atomic E-state index is 13.1. The van der Waals surface area contributed by atoms with Gasteiger partial charge < -0.3 is 9.64 Å². The van der Waals surface area contributed by atoms with Gasteiger partial charge in [-0.15, -0.1) is 0 Å². The number of piperidine rings is 1. The number of nitro groups is 1. The first-order valence-corrected chi connectivity index (χ1v) is 9.95. The van der Waals surface area contributed by atoms with Gasteiger partial charge in [0, 0.05) is 38.3 Å². The number of non-ortho nitro benzene ring substituents is 1. The Bertz CT molecular complexity index is 746. The van der Waals surface area contributed by atoms with E-state index >= 15 is 0 Å². The number of morpholine rings is 1. The van der Waals surface area contributed by atoms with Crippen molar-refractivity contribution in [1.29, 1.82) is 0 Å². The van der Waals surface area contributed by atoms with Gasteiger partial charge >= 0.3 is 0 Å². The van der Waals surface area contributed by atoms with Crippen molar-refractivity contribution in [3.63, 3.8) is 0 Å². The Kier molecular flexibility index (Phi) is 5.26. The molecule has 1 aromatic rings. The van der Waals surface area contributed by atoms with Crippen molar-refractivity contribution in [3.05, 3.63) is 28.3 Å². The molecule has 1 aromatic carbocycles. The molecule has 0 bridgehead atoms. The van der Waals surface area contributed by atoms with Crippen LogP contribution in [0, 0.1) is 16.0 Å². The zero-order valence-corrected chi connectivity index (χ0v) is 15.1. The smallest absolute Gasteiger partial charge is 0.270 e. The third kappa shape index (κ3) is 3.78. The standard InChI is InChI=1S/C16H23N3O5S/c1-13-3-2-6-17(12-13)15-5-4-14(19(20)21)11-16(15)25(22,23)18-7-9-24-10-8-18/h4-5,11,13H,2-3,6-10,12H2,1H3. The highest BCUT2D eigenvalue weighted by Crippen LogP contribution is 2.34. The Morgan fingerprint density at radius 2 is 1.96 bits per heavy atom. The summed E-state index contributed by atoms with van der Waals surface area (Å²) in [4.78, 5) is 12.7. The average molecular weight is 369 g/mol. The minimum absolute atomic E-state index is 0.0256. The van der Waals surface area contributed by atoms with Gasteiger partial charge in [0.1, 0.15) is 4.90 Å². The molecule has 2 fully saturated rings. The third-order valence-corrected chi connectivity index (χ3v) is 6.67. The predicted octanol–water partition coefficient (Wildman–Crippen LogP) is 1.85. The van der Waals surface area contributed by atoms with E-state index in [-0.39, 0.29) is 23.7 Å². The number of ether oxygens (including phenoxy) is 1. The monoisotopic (exact) mass is 369 g/mol. The van der Waals surface area contributed by atoms with Crippen LogP contribution < -0.4 is 4.90 Å². The summed E-state index contributed by atoms with van der Waals surface area (Å²) < 4.78 is 32.8. The second-order valence-electron chi connectivity index (χ2n) is 6.62. The Hall–Kier alpha value is -1.71. The van der Waals surface area contributed by atoms with Crippen molar-refractivity contribution in [2.45, 2.75) is 24.7 Å². The van der Waals surface area contributed by atoms with Crippen LogP contribution in [-0.4, -0.2) is 57.0 Å². The lowest BCUT2D eigenvalue weighted by Gasteiger charge is -2.35. The van der Waals surface area contributed by atoms with Crippen molar-refractivity contribution in [1.82, 2.24) is 4.31 Å². The van der Waals surface area contributed by atoms with E-state index in [1.807, 2.05) is 4.90 Å². The number of anilines is 1. The van der Waals surface area contributed by atoms with Crippen LogP contribution in [0.25, 0.3) is 0 Å². The molecule has 1 atom stereocenters. The normalized spacial score (nSPS) is 22.8. The van der Waals surface area contributed by atoms with Gasteiger partial charge in [-0.05, 0) is 24.8 Å². The van der Waals surface area contributed by atoms with Gasteiger partial charge in [-0.2, -0.15) is 4.31 Å². The number of benzene rings is 1. The highest BCUT2D eigenvalue weighted by Gasteiger charge is 2.32. The maximum Gasteiger partial charge on any atom is 0.270 e. The van der Waals surface area contributed by atoms with Crippen molar-refractivity contribution in [3.8, 4) is 0 Å². The molecule has 0 spiro atoms. The molecule has 25 heavy (non-hydrogen) atoms. The van der Waals surface area contributed by atoms with Crippen LogP contribution in [0.15, 0.2) is 23.1 Å². The molecule has 8 nitrogen and oxygen atoms in total. The first-order chi connectivity index (χ1) is 11.9. The summed E-state index contributed by atoms with van der Waals surface area (Å²) in [5.41, 5.74) is 0.351. The molecule has 9 heteroatoms. The lowest BCUT2D eigenvalue weighted by molar-refractivity contribution is -0.385. The van der Waals surface area contributed by atoms with E-state index in [1.165, 1.54) is 16.4 Å². The Morgan fingerprint density at radius 3 is 2.60 bits per heavy atom. The van der Waals surface area contributed by atoms with E-state index in [0.29, 0.717) is 24.8 Å². The summed E-state index contributed by atoms with van der Waals surface area (Å²) in [5.74, 6) is 0.461. The second kappa shape index (κ2) is 7.27. The number of nitrogens with zero attached hydrogens (tertiary/aromatic N) is 3. The van der Waals surface area contributed by atoms with Crippen molar-refractivity contribution in [2.24, 2.45) is 5.92 Å². The van der Waals surface area contributed by atoms with Gasteiger partial charge in [0.15, 0.2) is 0 Å². The summed E-state index contributed by atoms with van der Waals surface area (Å²) in [6.07, 6.45) is 2.09. The van der Waals surface area contributed by atoms with Gasteiger partial charge in [-0.25, -0.2) is 8.42 Å². The van der Waals surface area contributed by atoms with Crippen LogP contribution in [-0.2, 0) is 14.8 Å². The van der Waals surface area contributed by atoms with Crippen LogP contribution in [0.4, 0.5) is 11.4 Å². The molecule has 3 rings (SSSR count). The largest absolute Gasteiger partial charge is 0.379 e. The van der Waals surface area contributed by atoms with E-state index in [9.17, 15) is 18.5 Å². The van der Waals surface area contributed by atoms with Gasteiger partial charge in [-0.1, -0.05) is 6.92 Å². The number of hydrogen-bond acceptors (Lipinski definition) is 6. The van der Waals surface area contributed by atoms with Gasteiger partial charge in [0.05, 0.1) is 23.8 Å². The molecule has 2 heterocycles. The van der Waals surface area contributed by atoms with Gasteiger partial charge in [0.25, 0.3) is 5.69 Å². The molecular formula is C16H23N3O5S. The molecule has 1 unspecified atom stereocenters. The fourth-order valence-corrected chi connectivity index (χ4v) is 5.06. The Labute approximate surface area is 147 Å². The number of rotatable bonds is 4. The topological polar surface area (TPSA) is 93.0 Å². The predicted molar refractivity (Wildman–Crippen MR) is 93.3 cm³/mol. The molecule has 0 aromatic heterocycles. The van der Waals surface area contributed by atoms with Crippen molar-refractivity contribution >= 4 is 21.4 Å². The van der Waals surface area contributed by atoms with Crippen LogP contribution in [0.2, 0.25) is 0 Å². The average Bonchev–Trinajstić information content (AvgIpc) is 2.62.